The Bertz CT molecular complexity index is 1540. The van der Waals surface area contributed by atoms with E-state index in [1.807, 2.05) is 0 Å². The molecule has 0 saturated carbocycles. The molecule has 39 heavy (non-hydrogen) atoms. The minimum absolute atomic E-state index is 0.137. The first-order valence-corrected chi connectivity index (χ1v) is 13.5. The molecule has 206 valence electrons. The van der Waals surface area contributed by atoms with Gasteiger partial charge in [-0.25, -0.2) is 17.6 Å². The third-order valence-electron chi connectivity index (χ3n) is 6.24. The number of halogens is 5. The highest BCUT2D eigenvalue weighted by Crippen LogP contribution is 2.44. The fourth-order valence-electron chi connectivity index (χ4n) is 4.44. The van der Waals surface area contributed by atoms with E-state index in [9.17, 15) is 30.8 Å². The summed E-state index contributed by atoms with van der Waals surface area (Å²) in [5.74, 6) is -0.408. The van der Waals surface area contributed by atoms with Gasteiger partial charge in [0.05, 0.1) is 27.3 Å². The van der Waals surface area contributed by atoms with Crippen molar-refractivity contribution < 1.29 is 40.6 Å². The van der Waals surface area contributed by atoms with E-state index < -0.39 is 49.7 Å². The van der Waals surface area contributed by atoms with Crippen LogP contribution in [0.25, 0.3) is 11.6 Å². The molecule has 4 rings (SSSR count). The number of ether oxygens (including phenoxy) is 1. The lowest BCUT2D eigenvalue weighted by Gasteiger charge is -2.32. The van der Waals surface area contributed by atoms with E-state index in [0.29, 0.717) is 17.2 Å². The molecular weight excluding hydrogens is 562 g/mol. The van der Waals surface area contributed by atoms with Crippen LogP contribution in [0.5, 0.6) is 5.75 Å². The number of nitrogens with one attached hydrogen (secondary N) is 1. The van der Waals surface area contributed by atoms with Crippen molar-refractivity contribution in [3.8, 4) is 5.75 Å². The molecule has 1 aliphatic heterocycles. The minimum atomic E-state index is -4.75. The van der Waals surface area contributed by atoms with Gasteiger partial charge in [-0.3, -0.25) is 0 Å². The third kappa shape index (κ3) is 6.20. The summed E-state index contributed by atoms with van der Waals surface area (Å²) in [6.45, 7) is 1.39. The number of hydrogen-bond acceptors (Lipinski definition) is 4. The number of carboxylic acid groups (broad SMARTS) is 1. The Hall–Kier alpha value is -3.57. The van der Waals surface area contributed by atoms with Crippen LogP contribution >= 0.6 is 11.6 Å². The van der Waals surface area contributed by atoms with Gasteiger partial charge in [-0.2, -0.15) is 13.2 Å². The molecule has 3 aromatic carbocycles. The van der Waals surface area contributed by atoms with Crippen LogP contribution < -0.4 is 10.1 Å². The maximum absolute atomic E-state index is 14.4. The van der Waals surface area contributed by atoms with Crippen molar-refractivity contribution in [1.82, 2.24) is 5.32 Å². The van der Waals surface area contributed by atoms with Gasteiger partial charge in [-0.05, 0) is 60.5 Å². The van der Waals surface area contributed by atoms with E-state index in [0.717, 1.165) is 18.2 Å². The number of sulfone groups is 1. The second-order valence-corrected chi connectivity index (χ2v) is 11.5. The summed E-state index contributed by atoms with van der Waals surface area (Å²) >= 11 is 6.16. The van der Waals surface area contributed by atoms with E-state index in [1.165, 1.54) is 30.3 Å². The van der Waals surface area contributed by atoms with Crippen LogP contribution in [0.3, 0.4) is 0 Å². The van der Waals surface area contributed by atoms with Crippen LogP contribution in [0, 0.1) is 5.82 Å². The fourth-order valence-corrected chi connectivity index (χ4v) is 6.63. The third-order valence-corrected chi connectivity index (χ3v) is 8.66. The van der Waals surface area contributed by atoms with E-state index in [1.54, 1.807) is 19.1 Å². The van der Waals surface area contributed by atoms with Gasteiger partial charge >= 0.3 is 12.3 Å². The second kappa shape index (κ2) is 10.9. The van der Waals surface area contributed by atoms with Gasteiger partial charge in [0.15, 0.2) is 9.84 Å². The Kier molecular flexibility index (Phi) is 7.94. The number of amides is 1. The maximum Gasteiger partial charge on any atom is 0.416 e. The van der Waals surface area contributed by atoms with Crippen molar-refractivity contribution in [2.45, 2.75) is 35.8 Å². The largest absolute Gasteiger partial charge is 0.488 e. The van der Waals surface area contributed by atoms with Gasteiger partial charge in [0.25, 0.3) is 0 Å². The first kappa shape index (κ1) is 28.4. The number of allylic oxidation sites excluding steroid dienone is 1. The van der Waals surface area contributed by atoms with Crippen LogP contribution in [-0.2, 0) is 16.0 Å². The molecule has 2 N–H and O–H groups in total. The van der Waals surface area contributed by atoms with Gasteiger partial charge in [0.1, 0.15) is 17.7 Å². The van der Waals surface area contributed by atoms with Crippen LogP contribution in [0.4, 0.5) is 22.4 Å². The molecule has 0 saturated heterocycles. The van der Waals surface area contributed by atoms with Gasteiger partial charge in [-0.1, -0.05) is 35.9 Å². The maximum atomic E-state index is 14.4. The molecule has 2 atom stereocenters. The normalized spacial score (nSPS) is 17.7. The van der Waals surface area contributed by atoms with E-state index in [4.69, 9.17) is 21.4 Å². The topological polar surface area (TPSA) is 92.7 Å². The lowest BCUT2D eigenvalue weighted by Crippen LogP contribution is -2.39. The summed E-state index contributed by atoms with van der Waals surface area (Å²) in [5, 5.41) is 9.95. The minimum Gasteiger partial charge on any atom is -0.488 e. The van der Waals surface area contributed by atoms with Gasteiger partial charge in [0, 0.05) is 17.5 Å². The molecule has 0 radical (unpaired) electrons. The average Bonchev–Trinajstić information content (AvgIpc) is 2.86. The quantitative estimate of drug-likeness (QED) is 0.241. The second-order valence-electron chi connectivity index (χ2n) is 8.94. The molecular formula is C27H22ClF4NO5S. The summed E-state index contributed by atoms with van der Waals surface area (Å²) in [6.07, 6.45) is -5.63. The molecule has 0 aliphatic carbocycles. The van der Waals surface area contributed by atoms with Crippen LogP contribution in [0.15, 0.2) is 65.6 Å². The van der Waals surface area contributed by atoms with E-state index in [2.05, 4.69) is 5.32 Å². The summed E-state index contributed by atoms with van der Waals surface area (Å²) in [5.41, 5.74) is 0.159. The molecule has 3 aromatic rings. The zero-order valence-corrected chi connectivity index (χ0v) is 21.9. The molecule has 2 unspecified atom stereocenters. The fraction of sp³-hybridized carbons (Fsp3) is 0.222. The van der Waals surface area contributed by atoms with Crippen molar-refractivity contribution >= 4 is 39.2 Å². The number of carbonyl (C=O) groups is 1. The summed E-state index contributed by atoms with van der Waals surface area (Å²) in [6, 6.07) is 12.3. The summed E-state index contributed by atoms with van der Waals surface area (Å²) < 4.78 is 87.7. The average molecular weight is 584 g/mol. The number of alkyl halides is 3. The number of hydrogen-bond donors (Lipinski definition) is 2. The zero-order chi connectivity index (χ0) is 28.5. The van der Waals surface area contributed by atoms with Crippen molar-refractivity contribution in [2.24, 2.45) is 0 Å². The standard InChI is InChI=1S/C27H22ClF4NO5S/c1-15(25-21(28)6-3-7-22(25)29)10-16-8-9-23-20(11-16)24(13-18(38-23)14-33-26(34)35)39(36,37)19-5-2-4-17(12-19)27(30,31)32/h2-12,18,24,33H,13-14H2,1H3,(H,34,35)/b15-10+. The molecule has 1 amide bonds. The Balaban J connectivity index is 1.80. The molecule has 0 spiro atoms. The number of benzene rings is 3. The molecule has 6 nitrogen and oxygen atoms in total. The number of fused-ring (bicyclic) bond motifs is 1. The van der Waals surface area contributed by atoms with Crippen LogP contribution in [0.2, 0.25) is 5.02 Å². The SMILES string of the molecule is C/C(=C\c1ccc2c(c1)C(S(=O)(=O)c1cccc(C(F)(F)F)c1)CC(CNC(=O)O)O2)c1c(F)cccc1Cl. The molecule has 1 heterocycles. The molecule has 1 aliphatic rings. The van der Waals surface area contributed by atoms with Gasteiger partial charge in [-0.15, -0.1) is 0 Å². The summed E-state index contributed by atoms with van der Waals surface area (Å²) in [7, 11) is -4.40. The molecule has 12 heteroatoms. The Labute approximate surface area is 226 Å². The lowest BCUT2D eigenvalue weighted by atomic mass is 9.97. The zero-order valence-electron chi connectivity index (χ0n) is 20.3. The highest BCUT2D eigenvalue weighted by molar-refractivity contribution is 7.91. The molecule has 0 fully saturated rings. The monoisotopic (exact) mass is 583 g/mol. The Morgan fingerprint density at radius 2 is 1.87 bits per heavy atom. The van der Waals surface area contributed by atoms with Crippen LogP contribution in [-0.4, -0.2) is 32.3 Å². The Morgan fingerprint density at radius 3 is 2.54 bits per heavy atom. The van der Waals surface area contributed by atoms with Crippen LogP contribution in [0.1, 0.15) is 40.8 Å². The highest BCUT2D eigenvalue weighted by atomic mass is 35.5. The first-order chi connectivity index (χ1) is 18.3. The molecule has 0 aromatic heterocycles. The smallest absolute Gasteiger partial charge is 0.416 e. The molecule has 0 bridgehead atoms. The van der Waals surface area contributed by atoms with Crippen molar-refractivity contribution in [3.63, 3.8) is 0 Å². The lowest BCUT2D eigenvalue weighted by molar-refractivity contribution is -0.137. The number of rotatable bonds is 6. The Morgan fingerprint density at radius 1 is 1.15 bits per heavy atom. The first-order valence-electron chi connectivity index (χ1n) is 11.6. The van der Waals surface area contributed by atoms with Crippen molar-refractivity contribution in [3.05, 3.63) is 93.8 Å². The van der Waals surface area contributed by atoms with Crippen molar-refractivity contribution in [1.29, 1.82) is 0 Å². The van der Waals surface area contributed by atoms with E-state index >= 15 is 0 Å². The predicted octanol–water partition coefficient (Wildman–Crippen LogP) is 6.99. The van der Waals surface area contributed by atoms with Gasteiger partial charge in [0.2, 0.25) is 0 Å². The van der Waals surface area contributed by atoms with E-state index in [-0.39, 0.29) is 34.9 Å². The predicted molar refractivity (Wildman–Crippen MR) is 138 cm³/mol. The highest BCUT2D eigenvalue weighted by Gasteiger charge is 2.39. The summed E-state index contributed by atoms with van der Waals surface area (Å²) in [4.78, 5) is 10.5. The van der Waals surface area contributed by atoms with Gasteiger partial charge < -0.3 is 15.2 Å². The van der Waals surface area contributed by atoms with Crippen molar-refractivity contribution in [2.75, 3.05) is 6.54 Å².